The van der Waals surface area contributed by atoms with Crippen LogP contribution in [-0.4, -0.2) is 30.4 Å². The number of guanidine groups is 1. The van der Waals surface area contributed by atoms with Gasteiger partial charge < -0.3 is 15.8 Å². The SMILES string of the molecule is CC(C)CSCCCN=C(N)Nc1ccc(OC(F)(F)F)cc1.I. The summed E-state index contributed by atoms with van der Waals surface area (Å²) in [6, 6.07) is 5.32. The number of benzene rings is 1. The Labute approximate surface area is 161 Å². The van der Waals surface area contributed by atoms with Crippen molar-refractivity contribution in [2.75, 3.05) is 23.4 Å². The summed E-state index contributed by atoms with van der Waals surface area (Å²) in [4.78, 5) is 4.18. The third-order valence-electron chi connectivity index (χ3n) is 2.54. The molecule has 0 aliphatic carbocycles. The first-order chi connectivity index (χ1) is 10.8. The van der Waals surface area contributed by atoms with E-state index in [1.807, 2.05) is 11.8 Å². The third-order valence-corrected chi connectivity index (χ3v) is 4.02. The Morgan fingerprint density at radius 2 is 1.92 bits per heavy atom. The summed E-state index contributed by atoms with van der Waals surface area (Å²) in [6.07, 6.45) is -3.76. The van der Waals surface area contributed by atoms with Crippen molar-refractivity contribution in [1.82, 2.24) is 0 Å². The number of rotatable bonds is 8. The fourth-order valence-corrected chi connectivity index (χ4v) is 2.58. The first-order valence-corrected chi connectivity index (χ1v) is 8.42. The van der Waals surface area contributed by atoms with Gasteiger partial charge in [0.05, 0.1) is 0 Å². The van der Waals surface area contributed by atoms with Gasteiger partial charge in [-0.3, -0.25) is 4.99 Å². The van der Waals surface area contributed by atoms with Crippen LogP contribution in [0.2, 0.25) is 0 Å². The van der Waals surface area contributed by atoms with Crippen molar-refractivity contribution < 1.29 is 17.9 Å². The summed E-state index contributed by atoms with van der Waals surface area (Å²) in [5, 5.41) is 2.83. The maximum Gasteiger partial charge on any atom is 0.573 e. The number of hydrogen-bond acceptors (Lipinski definition) is 3. The molecule has 1 rings (SSSR count). The molecular formula is C15H23F3IN3OS. The van der Waals surface area contributed by atoms with Gasteiger partial charge in [-0.05, 0) is 48.1 Å². The van der Waals surface area contributed by atoms with E-state index in [1.165, 1.54) is 24.3 Å². The highest BCUT2D eigenvalue weighted by molar-refractivity contribution is 14.0. The van der Waals surface area contributed by atoms with Crippen LogP contribution in [0.4, 0.5) is 18.9 Å². The van der Waals surface area contributed by atoms with E-state index in [2.05, 4.69) is 28.9 Å². The largest absolute Gasteiger partial charge is 0.573 e. The number of halogens is 4. The van der Waals surface area contributed by atoms with E-state index in [0.29, 0.717) is 18.2 Å². The summed E-state index contributed by atoms with van der Waals surface area (Å²) in [5.41, 5.74) is 6.28. The fourth-order valence-electron chi connectivity index (χ4n) is 1.61. The van der Waals surface area contributed by atoms with Gasteiger partial charge >= 0.3 is 6.36 Å². The van der Waals surface area contributed by atoms with Crippen LogP contribution in [0.1, 0.15) is 20.3 Å². The fraction of sp³-hybridized carbons (Fsp3) is 0.533. The van der Waals surface area contributed by atoms with Gasteiger partial charge in [0.1, 0.15) is 5.75 Å². The topological polar surface area (TPSA) is 59.6 Å². The van der Waals surface area contributed by atoms with Gasteiger partial charge in [0.25, 0.3) is 0 Å². The van der Waals surface area contributed by atoms with Gasteiger partial charge in [0, 0.05) is 12.2 Å². The Morgan fingerprint density at radius 1 is 1.29 bits per heavy atom. The van der Waals surface area contributed by atoms with E-state index in [-0.39, 0.29) is 35.7 Å². The molecule has 0 amide bonds. The molecule has 0 aliphatic heterocycles. The van der Waals surface area contributed by atoms with Crippen molar-refractivity contribution in [2.24, 2.45) is 16.6 Å². The predicted molar refractivity (Wildman–Crippen MR) is 105 cm³/mol. The van der Waals surface area contributed by atoms with Gasteiger partial charge in [0.2, 0.25) is 0 Å². The Kier molecular flexibility index (Phi) is 11.3. The van der Waals surface area contributed by atoms with Crippen LogP contribution in [0.3, 0.4) is 0 Å². The highest BCUT2D eigenvalue weighted by atomic mass is 127. The molecule has 0 fully saturated rings. The van der Waals surface area contributed by atoms with Crippen molar-refractivity contribution in [3.05, 3.63) is 24.3 Å². The number of hydrogen-bond donors (Lipinski definition) is 2. The van der Waals surface area contributed by atoms with Crippen LogP contribution in [0.15, 0.2) is 29.3 Å². The summed E-state index contributed by atoms with van der Waals surface area (Å²) < 4.78 is 39.9. The lowest BCUT2D eigenvalue weighted by atomic mass is 10.3. The maximum atomic E-state index is 12.0. The Hall–Kier alpha value is -0.840. The van der Waals surface area contributed by atoms with E-state index in [4.69, 9.17) is 5.73 Å². The summed E-state index contributed by atoms with van der Waals surface area (Å²) in [6.45, 7) is 4.97. The first-order valence-electron chi connectivity index (χ1n) is 7.27. The number of aliphatic imine (C=N–C) groups is 1. The van der Waals surface area contributed by atoms with Gasteiger partial charge in [-0.1, -0.05) is 13.8 Å². The second-order valence-electron chi connectivity index (χ2n) is 5.29. The minimum atomic E-state index is -4.69. The molecule has 1 aromatic carbocycles. The number of nitrogens with two attached hydrogens (primary N) is 1. The zero-order valence-corrected chi connectivity index (χ0v) is 16.7. The molecule has 0 spiro atoms. The second kappa shape index (κ2) is 11.7. The van der Waals surface area contributed by atoms with Crippen LogP contribution in [0, 0.1) is 5.92 Å². The standard InChI is InChI=1S/C15H22F3N3OS.HI/c1-11(2)10-23-9-3-8-20-14(19)21-12-4-6-13(7-5-12)22-15(16,17)18;/h4-7,11H,3,8-10H2,1-2H3,(H3,19,20,21);1H. The number of alkyl halides is 3. The number of anilines is 1. The quantitative estimate of drug-likeness (QED) is 0.247. The van der Waals surface area contributed by atoms with Gasteiger partial charge in [-0.15, -0.1) is 37.1 Å². The molecule has 3 N–H and O–H groups in total. The van der Waals surface area contributed by atoms with Crippen molar-refractivity contribution >= 4 is 47.4 Å². The molecule has 0 radical (unpaired) electrons. The van der Waals surface area contributed by atoms with Crippen molar-refractivity contribution in [3.8, 4) is 5.75 Å². The van der Waals surface area contributed by atoms with Crippen LogP contribution in [0.5, 0.6) is 5.75 Å². The van der Waals surface area contributed by atoms with Gasteiger partial charge in [-0.25, -0.2) is 0 Å². The van der Waals surface area contributed by atoms with Crippen molar-refractivity contribution in [1.29, 1.82) is 0 Å². The van der Waals surface area contributed by atoms with Gasteiger partial charge in [0.15, 0.2) is 5.96 Å². The predicted octanol–water partition coefficient (Wildman–Crippen LogP) is 4.71. The number of nitrogens with one attached hydrogen (secondary N) is 1. The molecule has 0 saturated carbocycles. The Bertz CT molecular complexity index is 496. The monoisotopic (exact) mass is 477 g/mol. The molecule has 0 unspecified atom stereocenters. The zero-order valence-electron chi connectivity index (χ0n) is 13.6. The molecular weight excluding hydrogens is 454 g/mol. The molecule has 9 heteroatoms. The summed E-state index contributed by atoms with van der Waals surface area (Å²) in [7, 11) is 0. The van der Waals surface area contributed by atoms with E-state index < -0.39 is 6.36 Å². The lowest BCUT2D eigenvalue weighted by Gasteiger charge is -2.10. The molecule has 24 heavy (non-hydrogen) atoms. The Morgan fingerprint density at radius 3 is 2.46 bits per heavy atom. The van der Waals surface area contributed by atoms with Crippen LogP contribution in [0.25, 0.3) is 0 Å². The minimum Gasteiger partial charge on any atom is -0.406 e. The van der Waals surface area contributed by atoms with E-state index in [1.54, 1.807) is 0 Å². The van der Waals surface area contributed by atoms with Crippen LogP contribution >= 0.6 is 35.7 Å². The summed E-state index contributed by atoms with van der Waals surface area (Å²) >= 11 is 1.89. The van der Waals surface area contributed by atoms with E-state index in [9.17, 15) is 13.2 Å². The van der Waals surface area contributed by atoms with Crippen molar-refractivity contribution in [2.45, 2.75) is 26.6 Å². The highest BCUT2D eigenvalue weighted by Gasteiger charge is 2.30. The van der Waals surface area contributed by atoms with Crippen LogP contribution < -0.4 is 15.8 Å². The lowest BCUT2D eigenvalue weighted by molar-refractivity contribution is -0.274. The smallest absolute Gasteiger partial charge is 0.406 e. The molecule has 4 nitrogen and oxygen atoms in total. The Balaban J connectivity index is 0.00000529. The maximum absolute atomic E-state index is 12.0. The average Bonchev–Trinajstić information content (AvgIpc) is 2.43. The van der Waals surface area contributed by atoms with Crippen molar-refractivity contribution in [3.63, 3.8) is 0 Å². The van der Waals surface area contributed by atoms with Crippen LogP contribution in [-0.2, 0) is 0 Å². The number of nitrogens with zero attached hydrogens (tertiary/aromatic N) is 1. The number of ether oxygens (including phenoxy) is 1. The molecule has 0 atom stereocenters. The summed E-state index contributed by atoms with van der Waals surface area (Å²) in [5.74, 6) is 2.80. The average molecular weight is 477 g/mol. The zero-order chi connectivity index (χ0) is 17.3. The molecule has 0 saturated heterocycles. The molecule has 0 aliphatic rings. The van der Waals surface area contributed by atoms with E-state index in [0.717, 1.165) is 17.9 Å². The normalized spacial score (nSPS) is 12.0. The lowest BCUT2D eigenvalue weighted by Crippen LogP contribution is -2.23. The molecule has 0 aromatic heterocycles. The molecule has 138 valence electrons. The highest BCUT2D eigenvalue weighted by Crippen LogP contribution is 2.23. The van der Waals surface area contributed by atoms with E-state index >= 15 is 0 Å². The molecule has 1 aromatic rings. The molecule has 0 heterocycles. The first kappa shape index (κ1) is 23.2. The minimum absolute atomic E-state index is 0. The number of thioether (sulfide) groups is 1. The second-order valence-corrected chi connectivity index (χ2v) is 6.44. The molecule has 0 bridgehead atoms. The van der Waals surface area contributed by atoms with Gasteiger partial charge in [-0.2, -0.15) is 11.8 Å². The third kappa shape index (κ3) is 11.7.